The van der Waals surface area contributed by atoms with E-state index in [-0.39, 0.29) is 0 Å². The van der Waals surface area contributed by atoms with Crippen molar-refractivity contribution in [3.8, 4) is 0 Å². The van der Waals surface area contributed by atoms with Crippen molar-refractivity contribution >= 4 is 5.84 Å². The molecule has 0 heterocycles. The van der Waals surface area contributed by atoms with Crippen LogP contribution >= 0.6 is 0 Å². The van der Waals surface area contributed by atoms with E-state index in [1.165, 1.54) is 51.4 Å². The van der Waals surface area contributed by atoms with E-state index in [2.05, 4.69) is 11.9 Å². The normalized spacial score (nSPS) is 23.5. The second kappa shape index (κ2) is 5.00. The van der Waals surface area contributed by atoms with Crippen molar-refractivity contribution in [1.82, 2.24) is 4.90 Å². The van der Waals surface area contributed by atoms with Crippen LogP contribution in [0.3, 0.4) is 0 Å². The van der Waals surface area contributed by atoms with Gasteiger partial charge in [-0.05, 0) is 31.6 Å². The van der Waals surface area contributed by atoms with Crippen LogP contribution in [-0.4, -0.2) is 24.3 Å². The SMILES string of the molecule is CN(CC1CCC1)C(=N)C1CCCCC1. The summed E-state index contributed by atoms with van der Waals surface area (Å²) in [4.78, 5) is 2.22. The summed E-state index contributed by atoms with van der Waals surface area (Å²) in [5, 5.41) is 8.21. The molecule has 2 aliphatic rings. The van der Waals surface area contributed by atoms with E-state index in [1.54, 1.807) is 0 Å². The van der Waals surface area contributed by atoms with Gasteiger partial charge in [0.2, 0.25) is 0 Å². The van der Waals surface area contributed by atoms with Gasteiger partial charge in [-0.3, -0.25) is 5.41 Å². The van der Waals surface area contributed by atoms with E-state index in [0.29, 0.717) is 5.92 Å². The van der Waals surface area contributed by atoms with Crippen molar-refractivity contribution in [3.63, 3.8) is 0 Å². The average molecular weight is 208 g/mol. The maximum absolute atomic E-state index is 8.21. The Hall–Kier alpha value is -0.530. The molecule has 2 rings (SSSR count). The fraction of sp³-hybridized carbons (Fsp3) is 0.923. The molecule has 2 aliphatic carbocycles. The first kappa shape index (κ1) is 11.0. The highest BCUT2D eigenvalue weighted by molar-refractivity contribution is 5.81. The lowest BCUT2D eigenvalue weighted by atomic mass is 9.84. The summed E-state index contributed by atoms with van der Waals surface area (Å²) in [6, 6.07) is 0. The Morgan fingerprint density at radius 2 is 1.73 bits per heavy atom. The lowest BCUT2D eigenvalue weighted by molar-refractivity contribution is 0.249. The van der Waals surface area contributed by atoms with Crippen LogP contribution in [0.1, 0.15) is 51.4 Å². The Morgan fingerprint density at radius 1 is 1.07 bits per heavy atom. The highest BCUT2D eigenvalue weighted by Crippen LogP contribution is 2.29. The van der Waals surface area contributed by atoms with Crippen LogP contribution in [0.15, 0.2) is 0 Å². The number of nitrogens with zero attached hydrogens (tertiary/aromatic N) is 1. The van der Waals surface area contributed by atoms with Crippen molar-refractivity contribution in [2.24, 2.45) is 11.8 Å². The first-order valence-electron chi connectivity index (χ1n) is 6.57. The highest BCUT2D eigenvalue weighted by atomic mass is 15.1. The van der Waals surface area contributed by atoms with Crippen molar-refractivity contribution in [2.75, 3.05) is 13.6 Å². The number of hydrogen-bond acceptors (Lipinski definition) is 1. The third-order valence-electron chi connectivity index (χ3n) is 4.16. The van der Waals surface area contributed by atoms with Crippen LogP contribution in [0.5, 0.6) is 0 Å². The van der Waals surface area contributed by atoms with Gasteiger partial charge < -0.3 is 4.90 Å². The van der Waals surface area contributed by atoms with Crippen LogP contribution in [-0.2, 0) is 0 Å². The first-order chi connectivity index (χ1) is 7.27. The van der Waals surface area contributed by atoms with Gasteiger partial charge in [-0.2, -0.15) is 0 Å². The summed E-state index contributed by atoms with van der Waals surface area (Å²) >= 11 is 0. The quantitative estimate of drug-likeness (QED) is 0.559. The molecule has 2 saturated carbocycles. The molecule has 0 amide bonds. The maximum Gasteiger partial charge on any atom is 0.0986 e. The predicted molar refractivity (Wildman–Crippen MR) is 64.3 cm³/mol. The smallest absolute Gasteiger partial charge is 0.0986 e. The number of rotatable bonds is 3. The zero-order chi connectivity index (χ0) is 10.7. The van der Waals surface area contributed by atoms with Crippen LogP contribution in [0.4, 0.5) is 0 Å². The van der Waals surface area contributed by atoms with Gasteiger partial charge in [0.05, 0.1) is 5.84 Å². The Bertz CT molecular complexity index is 215. The largest absolute Gasteiger partial charge is 0.363 e. The topological polar surface area (TPSA) is 27.1 Å². The van der Waals surface area contributed by atoms with E-state index in [1.807, 2.05) is 0 Å². The number of hydrogen-bond donors (Lipinski definition) is 1. The summed E-state index contributed by atoms with van der Waals surface area (Å²) in [6.07, 6.45) is 10.8. The van der Waals surface area contributed by atoms with Gasteiger partial charge in [0.1, 0.15) is 0 Å². The van der Waals surface area contributed by atoms with E-state index < -0.39 is 0 Å². The molecule has 0 aromatic carbocycles. The predicted octanol–water partition coefficient (Wildman–Crippen LogP) is 3.28. The standard InChI is InChI=1S/C13H24N2/c1-15(10-11-6-5-7-11)13(14)12-8-3-2-4-9-12/h11-12,14H,2-10H2,1H3. The summed E-state index contributed by atoms with van der Waals surface area (Å²) in [6.45, 7) is 1.13. The van der Waals surface area contributed by atoms with Crippen molar-refractivity contribution < 1.29 is 0 Å². The van der Waals surface area contributed by atoms with Crippen LogP contribution in [0.2, 0.25) is 0 Å². The summed E-state index contributed by atoms with van der Waals surface area (Å²) in [5.41, 5.74) is 0. The number of amidine groups is 1. The zero-order valence-electron chi connectivity index (χ0n) is 9.97. The molecule has 0 radical (unpaired) electrons. The van der Waals surface area contributed by atoms with Crippen LogP contribution < -0.4 is 0 Å². The van der Waals surface area contributed by atoms with Gasteiger partial charge in [-0.15, -0.1) is 0 Å². The summed E-state index contributed by atoms with van der Waals surface area (Å²) in [5.74, 6) is 2.38. The molecule has 2 nitrogen and oxygen atoms in total. The van der Waals surface area contributed by atoms with Crippen molar-refractivity contribution in [1.29, 1.82) is 5.41 Å². The van der Waals surface area contributed by atoms with Gasteiger partial charge in [-0.25, -0.2) is 0 Å². The molecule has 0 bridgehead atoms. The van der Waals surface area contributed by atoms with Gasteiger partial charge in [0, 0.05) is 19.5 Å². The Labute approximate surface area is 93.6 Å². The second-order valence-electron chi connectivity index (χ2n) is 5.40. The Kier molecular flexibility index (Phi) is 3.66. The molecule has 0 unspecified atom stereocenters. The van der Waals surface area contributed by atoms with Crippen molar-refractivity contribution in [2.45, 2.75) is 51.4 Å². The van der Waals surface area contributed by atoms with E-state index in [0.717, 1.165) is 18.3 Å². The minimum Gasteiger partial charge on any atom is -0.363 e. The minimum atomic E-state index is 0.573. The fourth-order valence-electron chi connectivity index (χ4n) is 2.85. The average Bonchev–Trinajstić information content (AvgIpc) is 2.23. The Morgan fingerprint density at radius 3 is 2.27 bits per heavy atom. The molecule has 15 heavy (non-hydrogen) atoms. The summed E-state index contributed by atoms with van der Waals surface area (Å²) < 4.78 is 0. The van der Waals surface area contributed by atoms with Crippen molar-refractivity contribution in [3.05, 3.63) is 0 Å². The molecule has 0 aromatic rings. The molecule has 0 aromatic heterocycles. The monoisotopic (exact) mass is 208 g/mol. The lowest BCUT2D eigenvalue weighted by Gasteiger charge is -2.34. The van der Waals surface area contributed by atoms with E-state index in [4.69, 9.17) is 5.41 Å². The second-order valence-corrected chi connectivity index (χ2v) is 5.40. The molecular formula is C13H24N2. The van der Waals surface area contributed by atoms with Gasteiger partial charge in [0.25, 0.3) is 0 Å². The van der Waals surface area contributed by atoms with Gasteiger partial charge in [-0.1, -0.05) is 25.7 Å². The molecule has 0 atom stereocenters. The first-order valence-corrected chi connectivity index (χ1v) is 6.57. The highest BCUT2D eigenvalue weighted by Gasteiger charge is 2.24. The fourth-order valence-corrected chi connectivity index (χ4v) is 2.85. The van der Waals surface area contributed by atoms with E-state index >= 15 is 0 Å². The minimum absolute atomic E-state index is 0.573. The van der Waals surface area contributed by atoms with Gasteiger partial charge in [0.15, 0.2) is 0 Å². The summed E-state index contributed by atoms with van der Waals surface area (Å²) in [7, 11) is 2.12. The third kappa shape index (κ3) is 2.73. The molecule has 86 valence electrons. The molecule has 0 saturated heterocycles. The van der Waals surface area contributed by atoms with Crippen LogP contribution in [0.25, 0.3) is 0 Å². The maximum atomic E-state index is 8.21. The van der Waals surface area contributed by atoms with Gasteiger partial charge >= 0.3 is 0 Å². The van der Waals surface area contributed by atoms with E-state index in [9.17, 15) is 0 Å². The zero-order valence-corrected chi connectivity index (χ0v) is 9.97. The lowest BCUT2D eigenvalue weighted by Crippen LogP contribution is -2.38. The molecular weight excluding hydrogens is 184 g/mol. The van der Waals surface area contributed by atoms with Crippen LogP contribution in [0, 0.1) is 17.2 Å². The third-order valence-corrected chi connectivity index (χ3v) is 4.16. The number of nitrogens with one attached hydrogen (secondary N) is 1. The molecule has 2 heteroatoms. The molecule has 1 N–H and O–H groups in total. The molecule has 2 fully saturated rings. The Balaban J connectivity index is 1.77. The molecule has 0 aliphatic heterocycles. The molecule has 0 spiro atoms.